The molecule has 3 heterocycles. The van der Waals surface area contributed by atoms with Crippen molar-refractivity contribution in [2.75, 3.05) is 29.8 Å². The van der Waals surface area contributed by atoms with Crippen molar-refractivity contribution < 1.29 is 9.47 Å². The van der Waals surface area contributed by atoms with Crippen LogP contribution in [0.5, 0.6) is 11.5 Å². The second kappa shape index (κ2) is 8.14. The van der Waals surface area contributed by atoms with E-state index in [4.69, 9.17) is 9.47 Å². The third kappa shape index (κ3) is 3.44. The Morgan fingerprint density at radius 3 is 1.92 bits per heavy atom. The molecule has 1 aromatic rings. The first-order valence-corrected chi connectivity index (χ1v) is 12.0. The number of hydrogen-bond donors (Lipinski definition) is 0. The molecule has 1 aromatic carbocycles. The van der Waals surface area contributed by atoms with Gasteiger partial charge in [0.2, 0.25) is 6.79 Å². The van der Waals surface area contributed by atoms with Gasteiger partial charge in [-0.15, -0.1) is 47.0 Å². The van der Waals surface area contributed by atoms with Crippen LogP contribution in [-0.2, 0) is 0 Å². The Balaban J connectivity index is 1.87. The van der Waals surface area contributed by atoms with Crippen molar-refractivity contribution in [3.63, 3.8) is 0 Å². The van der Waals surface area contributed by atoms with Gasteiger partial charge in [0.15, 0.2) is 11.5 Å². The highest BCUT2D eigenvalue weighted by Gasteiger charge is 2.31. The second-order valence-electron chi connectivity index (χ2n) is 5.57. The van der Waals surface area contributed by atoms with Crippen LogP contribution < -0.4 is 9.47 Å². The van der Waals surface area contributed by atoms with Crippen LogP contribution in [0.4, 0.5) is 0 Å². The van der Waals surface area contributed by atoms with Crippen LogP contribution in [0.1, 0.15) is 11.5 Å². The third-order valence-electron chi connectivity index (χ3n) is 4.09. The summed E-state index contributed by atoms with van der Waals surface area (Å²) in [6, 6.07) is 10.6. The highest BCUT2D eigenvalue weighted by molar-refractivity contribution is 8.25. The minimum atomic E-state index is -0.360. The van der Waals surface area contributed by atoms with Gasteiger partial charge in [0.1, 0.15) is 0 Å². The smallest absolute Gasteiger partial charge is 0.231 e. The van der Waals surface area contributed by atoms with Crippen molar-refractivity contribution in [1.29, 1.82) is 10.5 Å². The molecule has 0 bridgehead atoms. The Morgan fingerprint density at radius 1 is 0.846 bits per heavy atom. The molecule has 3 aliphatic heterocycles. The number of nitriles is 2. The van der Waals surface area contributed by atoms with Gasteiger partial charge in [0.05, 0.1) is 37.7 Å². The summed E-state index contributed by atoms with van der Waals surface area (Å²) in [6.07, 6.45) is 0. The van der Waals surface area contributed by atoms with Crippen molar-refractivity contribution in [1.82, 2.24) is 0 Å². The maximum Gasteiger partial charge on any atom is 0.231 e. The zero-order valence-electron chi connectivity index (χ0n) is 13.7. The summed E-state index contributed by atoms with van der Waals surface area (Å²) in [4.78, 5) is 0. The first-order chi connectivity index (χ1) is 12.8. The summed E-state index contributed by atoms with van der Waals surface area (Å²) in [6.45, 7) is 0.208. The van der Waals surface area contributed by atoms with Crippen LogP contribution in [0.15, 0.2) is 37.8 Å². The van der Waals surface area contributed by atoms with Crippen molar-refractivity contribution >= 4 is 47.0 Å². The topological polar surface area (TPSA) is 66.0 Å². The number of rotatable bonds is 3. The van der Waals surface area contributed by atoms with Gasteiger partial charge in [0.25, 0.3) is 0 Å². The molecule has 0 radical (unpaired) electrons. The number of fused-ring (bicyclic) bond motifs is 1. The molecule has 0 spiro atoms. The molecule has 132 valence electrons. The summed E-state index contributed by atoms with van der Waals surface area (Å²) >= 11 is 6.85. The summed E-state index contributed by atoms with van der Waals surface area (Å²) in [5.74, 6) is 5.03. The van der Waals surface area contributed by atoms with E-state index in [-0.39, 0.29) is 12.7 Å². The van der Waals surface area contributed by atoms with Crippen molar-refractivity contribution in [3.05, 3.63) is 43.4 Å². The number of nitrogens with zero attached hydrogens (tertiary/aromatic N) is 2. The predicted molar refractivity (Wildman–Crippen MR) is 110 cm³/mol. The van der Waals surface area contributed by atoms with Crippen LogP contribution in [0, 0.1) is 22.7 Å². The number of hydrogen-bond acceptors (Lipinski definition) is 8. The molecule has 0 aliphatic carbocycles. The maximum atomic E-state index is 9.96. The van der Waals surface area contributed by atoms with E-state index in [1.165, 1.54) is 0 Å². The number of benzene rings is 1. The Labute approximate surface area is 169 Å². The molecule has 0 N–H and O–H groups in total. The SMILES string of the molecule is N#CC(=C1SCCS1)C(C(C#N)=C1SCCS1)c1ccc2c(c1)OCO2. The van der Waals surface area contributed by atoms with Crippen molar-refractivity contribution in [2.45, 2.75) is 5.92 Å². The Bertz CT molecular complexity index is 822. The fraction of sp³-hybridized carbons (Fsp3) is 0.333. The molecule has 26 heavy (non-hydrogen) atoms. The molecule has 0 unspecified atom stereocenters. The van der Waals surface area contributed by atoms with Crippen LogP contribution in [0.25, 0.3) is 0 Å². The average Bonchev–Trinajstić information content (AvgIpc) is 3.42. The lowest BCUT2D eigenvalue weighted by Gasteiger charge is -2.19. The van der Waals surface area contributed by atoms with Gasteiger partial charge in [0, 0.05) is 23.0 Å². The number of allylic oxidation sites excluding steroid dienone is 2. The second-order valence-corrected chi connectivity index (χ2v) is 10.5. The third-order valence-corrected chi connectivity index (χ3v) is 9.58. The monoisotopic (exact) mass is 418 g/mol. The van der Waals surface area contributed by atoms with Crippen LogP contribution in [-0.4, -0.2) is 29.8 Å². The molecule has 0 saturated carbocycles. The fourth-order valence-corrected chi connectivity index (χ4v) is 7.98. The van der Waals surface area contributed by atoms with Gasteiger partial charge in [-0.1, -0.05) is 6.07 Å². The van der Waals surface area contributed by atoms with E-state index < -0.39 is 0 Å². The van der Waals surface area contributed by atoms with Crippen LogP contribution in [0.3, 0.4) is 0 Å². The molecule has 4 nitrogen and oxygen atoms in total. The molecule has 0 amide bonds. The summed E-state index contributed by atoms with van der Waals surface area (Å²) < 4.78 is 13.0. The van der Waals surface area contributed by atoms with Crippen molar-refractivity contribution in [3.8, 4) is 23.6 Å². The van der Waals surface area contributed by atoms with Gasteiger partial charge in [-0.05, 0) is 17.7 Å². The maximum absolute atomic E-state index is 9.96. The van der Waals surface area contributed by atoms with Crippen molar-refractivity contribution in [2.24, 2.45) is 0 Å². The van der Waals surface area contributed by atoms with Crippen LogP contribution in [0.2, 0.25) is 0 Å². The van der Waals surface area contributed by atoms with E-state index >= 15 is 0 Å². The lowest BCUT2D eigenvalue weighted by atomic mass is 9.86. The summed E-state index contributed by atoms with van der Waals surface area (Å²) in [7, 11) is 0. The quantitative estimate of drug-likeness (QED) is 0.640. The lowest BCUT2D eigenvalue weighted by molar-refractivity contribution is 0.174. The largest absolute Gasteiger partial charge is 0.454 e. The van der Waals surface area contributed by atoms with E-state index in [1.807, 2.05) is 18.2 Å². The lowest BCUT2D eigenvalue weighted by Crippen LogP contribution is -2.07. The molecule has 8 heteroatoms. The van der Waals surface area contributed by atoms with Gasteiger partial charge in [-0.3, -0.25) is 0 Å². The molecule has 2 saturated heterocycles. The summed E-state index contributed by atoms with van der Waals surface area (Å²) in [5.41, 5.74) is 2.26. The molecular weight excluding hydrogens is 404 g/mol. The zero-order chi connectivity index (χ0) is 17.9. The van der Waals surface area contributed by atoms with E-state index in [9.17, 15) is 10.5 Å². The molecular formula is C18H14N2O2S4. The minimum Gasteiger partial charge on any atom is -0.454 e. The normalized spacial score (nSPS) is 18.1. The molecule has 2 fully saturated rings. The van der Waals surface area contributed by atoms with Crippen LogP contribution >= 0.6 is 47.0 Å². The first-order valence-electron chi connectivity index (χ1n) is 8.01. The van der Waals surface area contributed by atoms with E-state index in [1.54, 1.807) is 47.0 Å². The van der Waals surface area contributed by atoms with E-state index in [2.05, 4.69) is 12.1 Å². The first kappa shape index (κ1) is 18.1. The standard InChI is InChI=1S/C18H14N2O2S4/c19-8-12(17-23-3-4-24-17)16(13(9-20)18-25-5-6-26-18)11-1-2-14-15(7-11)22-10-21-14/h1-2,7,16H,3-6,10H2. The average molecular weight is 419 g/mol. The zero-order valence-corrected chi connectivity index (χ0v) is 17.0. The van der Waals surface area contributed by atoms with Gasteiger partial charge in [-0.2, -0.15) is 10.5 Å². The molecule has 0 atom stereocenters. The highest BCUT2D eigenvalue weighted by atomic mass is 32.2. The minimum absolute atomic E-state index is 0.208. The van der Waals surface area contributed by atoms with E-state index in [0.29, 0.717) is 22.6 Å². The van der Waals surface area contributed by atoms with Gasteiger partial charge in [-0.25, -0.2) is 0 Å². The fourth-order valence-electron chi connectivity index (χ4n) is 2.96. The van der Waals surface area contributed by atoms with Gasteiger partial charge >= 0.3 is 0 Å². The highest BCUT2D eigenvalue weighted by Crippen LogP contribution is 2.50. The van der Waals surface area contributed by atoms with E-state index in [0.717, 1.165) is 37.0 Å². The Hall–Kier alpha value is -1.32. The van der Waals surface area contributed by atoms with Gasteiger partial charge < -0.3 is 9.47 Å². The summed E-state index contributed by atoms with van der Waals surface area (Å²) in [5, 5.41) is 19.9. The number of thioether (sulfide) groups is 4. The Kier molecular flexibility index (Phi) is 5.66. The Morgan fingerprint density at radius 2 is 1.38 bits per heavy atom. The molecule has 4 rings (SSSR count). The predicted octanol–water partition coefficient (Wildman–Crippen LogP) is 4.93. The number of ether oxygens (including phenoxy) is 2. The molecule has 0 aromatic heterocycles. The molecule has 3 aliphatic rings.